The fourth-order valence-electron chi connectivity index (χ4n) is 4.68. The number of aryl methyl sites for hydroxylation is 1. The molecule has 5 unspecified atom stereocenters. The summed E-state index contributed by atoms with van der Waals surface area (Å²) in [6, 6.07) is 8.13. The van der Waals surface area contributed by atoms with E-state index in [2.05, 4.69) is 67.1 Å². The summed E-state index contributed by atoms with van der Waals surface area (Å²) in [7, 11) is 10.6. The van der Waals surface area contributed by atoms with Crippen LogP contribution in [0.15, 0.2) is 24.3 Å². The molecule has 4 saturated heterocycles. The van der Waals surface area contributed by atoms with Crippen molar-refractivity contribution in [2.75, 3.05) is 33.9 Å². The zero-order valence-electron chi connectivity index (χ0n) is 21.5. The molecular formula is C25H41N2O2PS5. The Morgan fingerprint density at radius 2 is 1.63 bits per heavy atom. The summed E-state index contributed by atoms with van der Waals surface area (Å²) in [6.45, 7) is 0. The normalized spacial score (nSPS) is 28.5. The van der Waals surface area contributed by atoms with Crippen LogP contribution in [-0.2, 0) is 11.0 Å². The molecule has 1 aromatic carbocycles. The summed E-state index contributed by atoms with van der Waals surface area (Å²) >= 11 is 4.47. The standard InChI is InChI=1S/C25H41N2O2PS5/c1-26(2)30(28,27(3)4)29-20-13-10-12-19(15-20)11-8-6-5-7-9-14-22-23-17-24(32-23)25(34-35-33-22)16-21-18-31-21/h10,12-13,15,21-25H,5-9,11,14,16-18H2,1-4H3. The number of unbranched alkanes of at least 4 members (excludes halogenated alkanes) is 4. The predicted molar refractivity (Wildman–Crippen MR) is 164 cm³/mol. The average Bonchev–Trinajstić information content (AvgIpc) is 3.59. The van der Waals surface area contributed by atoms with Crippen LogP contribution in [0, 0.1) is 0 Å². The number of fused-ring (bicyclic) bond motifs is 4. The molecular weight excluding hydrogens is 552 g/mol. The summed E-state index contributed by atoms with van der Waals surface area (Å²) in [5, 5.41) is 4.58. The smallest absolute Gasteiger partial charge is 0.394 e. The zero-order chi connectivity index (χ0) is 24.8. The third-order valence-corrected chi connectivity index (χ3v) is 17.6. The van der Waals surface area contributed by atoms with E-state index in [0.717, 1.165) is 32.7 Å². The summed E-state index contributed by atoms with van der Waals surface area (Å²) in [5.41, 5.74) is 1.27. The number of hydrogen-bond acceptors (Lipinski definition) is 7. The van der Waals surface area contributed by atoms with Crippen LogP contribution in [0.4, 0.5) is 0 Å². The molecule has 35 heavy (non-hydrogen) atoms. The van der Waals surface area contributed by atoms with Gasteiger partial charge in [0.05, 0.1) is 0 Å². The van der Waals surface area contributed by atoms with Crippen molar-refractivity contribution in [3.05, 3.63) is 29.8 Å². The second kappa shape index (κ2) is 13.8. The van der Waals surface area contributed by atoms with Gasteiger partial charge in [0.1, 0.15) is 5.75 Å². The van der Waals surface area contributed by atoms with Gasteiger partial charge in [0, 0.05) is 32.0 Å². The van der Waals surface area contributed by atoms with E-state index in [-0.39, 0.29) is 0 Å². The van der Waals surface area contributed by atoms with Crippen molar-refractivity contribution in [3.63, 3.8) is 0 Å². The quantitative estimate of drug-likeness (QED) is 0.0916. The molecule has 4 fully saturated rings. The minimum Gasteiger partial charge on any atom is -0.422 e. The van der Waals surface area contributed by atoms with Gasteiger partial charge in [0.2, 0.25) is 0 Å². The minimum atomic E-state index is -3.01. The maximum Gasteiger partial charge on any atom is 0.394 e. The molecule has 198 valence electrons. The van der Waals surface area contributed by atoms with Gasteiger partial charge in [-0.25, -0.2) is 13.9 Å². The van der Waals surface area contributed by atoms with Crippen molar-refractivity contribution in [1.82, 2.24) is 9.34 Å². The Kier molecular flexibility index (Phi) is 11.4. The average molecular weight is 593 g/mol. The third kappa shape index (κ3) is 8.45. The van der Waals surface area contributed by atoms with Gasteiger partial charge < -0.3 is 4.52 Å². The Balaban J connectivity index is 1.09. The molecule has 1 aromatic rings. The minimum absolute atomic E-state index is 0.690. The fraction of sp³-hybridized carbons (Fsp3) is 0.760. The topological polar surface area (TPSA) is 32.8 Å². The molecule has 0 N–H and O–H groups in total. The lowest BCUT2D eigenvalue weighted by molar-refractivity contribution is 0.354. The van der Waals surface area contributed by atoms with Crippen molar-refractivity contribution in [1.29, 1.82) is 0 Å². The van der Waals surface area contributed by atoms with Crippen LogP contribution in [0.5, 0.6) is 5.75 Å². The van der Waals surface area contributed by atoms with E-state index in [4.69, 9.17) is 4.52 Å². The van der Waals surface area contributed by atoms with E-state index in [1.807, 2.05) is 12.1 Å². The Morgan fingerprint density at radius 1 is 0.971 bits per heavy atom. The molecule has 5 rings (SSSR count). The number of rotatable bonds is 14. The SMILES string of the molecule is CN(C)P(=O)(Oc1cccc(CCCCCCCC2SSSC(CC3CS3)C3CC2S3)c1)N(C)C. The van der Waals surface area contributed by atoms with Crippen molar-refractivity contribution in [2.45, 2.75) is 84.0 Å². The highest BCUT2D eigenvalue weighted by atomic mass is 33.5. The molecule has 4 heterocycles. The third-order valence-electron chi connectivity index (χ3n) is 6.95. The molecule has 4 nitrogen and oxygen atoms in total. The maximum atomic E-state index is 13.1. The Bertz CT molecular complexity index is 839. The van der Waals surface area contributed by atoms with Gasteiger partial charge in [-0.3, -0.25) is 0 Å². The first-order chi connectivity index (χ1) is 16.8. The van der Waals surface area contributed by atoms with Crippen LogP contribution in [0.25, 0.3) is 0 Å². The van der Waals surface area contributed by atoms with E-state index >= 15 is 0 Å². The van der Waals surface area contributed by atoms with Crippen molar-refractivity contribution >= 4 is 62.6 Å². The Morgan fingerprint density at radius 3 is 2.34 bits per heavy atom. The summed E-state index contributed by atoms with van der Waals surface area (Å²) in [4.78, 5) is 0. The number of nitrogens with zero attached hydrogens (tertiary/aromatic N) is 2. The first kappa shape index (κ1) is 28.9. The number of hydrogen-bond donors (Lipinski definition) is 0. The van der Waals surface area contributed by atoms with Crippen LogP contribution in [-0.4, -0.2) is 69.5 Å². The first-order valence-electron chi connectivity index (χ1n) is 12.8. The second-order valence-electron chi connectivity index (χ2n) is 10.2. The summed E-state index contributed by atoms with van der Waals surface area (Å²) in [6.07, 6.45) is 11.9. The number of thioether (sulfide) groups is 2. The predicted octanol–water partition coefficient (Wildman–Crippen LogP) is 8.34. The van der Waals surface area contributed by atoms with Gasteiger partial charge in [-0.1, -0.05) is 59.4 Å². The fourth-order valence-corrected chi connectivity index (χ4v) is 14.9. The Labute approximate surface area is 233 Å². The van der Waals surface area contributed by atoms with E-state index in [1.54, 1.807) is 37.5 Å². The van der Waals surface area contributed by atoms with E-state index in [9.17, 15) is 4.57 Å². The molecule has 0 amide bonds. The van der Waals surface area contributed by atoms with Crippen molar-refractivity contribution in [3.8, 4) is 5.75 Å². The lowest BCUT2D eigenvalue weighted by Gasteiger charge is -2.45. The van der Waals surface area contributed by atoms with Gasteiger partial charge in [-0.2, -0.15) is 23.5 Å². The van der Waals surface area contributed by atoms with Crippen LogP contribution >= 0.6 is 62.6 Å². The van der Waals surface area contributed by atoms with Gasteiger partial charge in [0.25, 0.3) is 0 Å². The monoisotopic (exact) mass is 592 g/mol. The molecule has 2 bridgehead atoms. The van der Waals surface area contributed by atoms with Crippen LogP contribution in [0.1, 0.15) is 56.9 Å². The van der Waals surface area contributed by atoms with Crippen LogP contribution in [0.3, 0.4) is 0 Å². The van der Waals surface area contributed by atoms with Gasteiger partial charge in [-0.15, -0.1) is 0 Å². The molecule has 0 aliphatic carbocycles. The molecule has 0 spiro atoms. The van der Waals surface area contributed by atoms with Gasteiger partial charge >= 0.3 is 7.67 Å². The van der Waals surface area contributed by atoms with Crippen molar-refractivity contribution < 1.29 is 9.09 Å². The summed E-state index contributed by atoms with van der Waals surface area (Å²) in [5.74, 6) is 2.10. The highest BCUT2D eigenvalue weighted by Crippen LogP contribution is 2.59. The number of benzene rings is 1. The molecule has 0 saturated carbocycles. The summed E-state index contributed by atoms with van der Waals surface area (Å²) < 4.78 is 22.4. The molecule has 5 atom stereocenters. The second-order valence-corrected chi connectivity index (χ2v) is 20.3. The highest BCUT2D eigenvalue weighted by Gasteiger charge is 2.44. The van der Waals surface area contributed by atoms with Gasteiger partial charge in [0.15, 0.2) is 0 Å². The Hall–Kier alpha value is 0.920. The van der Waals surface area contributed by atoms with E-state index in [1.165, 1.54) is 62.7 Å². The first-order valence-corrected chi connectivity index (χ1v) is 20.0. The lowest BCUT2D eigenvalue weighted by atomic mass is 10.0. The largest absolute Gasteiger partial charge is 0.422 e. The molecule has 4 aliphatic rings. The highest BCUT2D eigenvalue weighted by molar-refractivity contribution is 9.09. The maximum absolute atomic E-state index is 13.1. The van der Waals surface area contributed by atoms with Crippen molar-refractivity contribution in [2.24, 2.45) is 0 Å². The van der Waals surface area contributed by atoms with E-state index in [0.29, 0.717) is 5.75 Å². The lowest BCUT2D eigenvalue weighted by Crippen LogP contribution is -2.41. The van der Waals surface area contributed by atoms with Gasteiger partial charge in [-0.05, 0) is 87.8 Å². The molecule has 0 radical (unpaired) electrons. The molecule has 10 heteroatoms. The van der Waals surface area contributed by atoms with E-state index < -0.39 is 7.67 Å². The van der Waals surface area contributed by atoms with Crippen LogP contribution in [0.2, 0.25) is 0 Å². The molecule has 0 aromatic heterocycles. The van der Waals surface area contributed by atoms with Crippen LogP contribution < -0.4 is 4.52 Å². The molecule has 4 aliphatic heterocycles. The zero-order valence-corrected chi connectivity index (χ0v) is 26.4.